The third-order valence-corrected chi connectivity index (χ3v) is 4.10. The van der Waals surface area contributed by atoms with Crippen molar-refractivity contribution in [2.24, 2.45) is 11.8 Å². The van der Waals surface area contributed by atoms with Gasteiger partial charge < -0.3 is 14.8 Å². The van der Waals surface area contributed by atoms with Crippen molar-refractivity contribution in [1.82, 2.24) is 5.32 Å². The van der Waals surface area contributed by atoms with Gasteiger partial charge in [0.05, 0.1) is 18.8 Å². The van der Waals surface area contributed by atoms with E-state index >= 15 is 0 Å². The fraction of sp³-hybridized carbons (Fsp3) is 0.440. The lowest BCUT2D eigenvalue weighted by Crippen LogP contribution is -2.30. The summed E-state index contributed by atoms with van der Waals surface area (Å²) in [6, 6.07) is 13.1. The molecule has 0 spiro atoms. The number of carbonyl (C=O) groups is 2. The Morgan fingerprint density at radius 2 is 1.53 bits per heavy atom. The van der Waals surface area contributed by atoms with Crippen molar-refractivity contribution in [2.45, 2.75) is 47.6 Å². The monoisotopic (exact) mass is 410 g/mol. The van der Waals surface area contributed by atoms with Gasteiger partial charge in [-0.15, -0.1) is 0 Å². The lowest BCUT2D eigenvalue weighted by Gasteiger charge is -2.15. The number of benzene rings is 2. The molecule has 0 heterocycles. The second kappa shape index (κ2) is 10.8. The quantitative estimate of drug-likeness (QED) is 0.564. The SMILES string of the molecule is CC(C)COc1[c]cc(C(=O)c2ccc(C(=O)NC(C)C)cc2OCC(C)C)cc1. The van der Waals surface area contributed by atoms with Gasteiger partial charge in [0.25, 0.3) is 5.91 Å². The van der Waals surface area contributed by atoms with E-state index in [9.17, 15) is 9.59 Å². The number of carbonyl (C=O) groups excluding carboxylic acids is 2. The van der Waals surface area contributed by atoms with Gasteiger partial charge in [-0.05, 0) is 62.1 Å². The Bertz CT molecular complexity index is 854. The van der Waals surface area contributed by atoms with E-state index in [1.54, 1.807) is 36.4 Å². The van der Waals surface area contributed by atoms with Crippen LogP contribution in [0.4, 0.5) is 0 Å². The van der Waals surface area contributed by atoms with Crippen LogP contribution in [0.2, 0.25) is 0 Å². The van der Waals surface area contributed by atoms with Crippen LogP contribution in [0.25, 0.3) is 0 Å². The first-order chi connectivity index (χ1) is 14.2. The summed E-state index contributed by atoms with van der Waals surface area (Å²) < 4.78 is 11.5. The highest BCUT2D eigenvalue weighted by Crippen LogP contribution is 2.25. The molecule has 2 aromatic carbocycles. The Kier molecular flexibility index (Phi) is 8.46. The molecule has 0 bridgehead atoms. The van der Waals surface area contributed by atoms with Gasteiger partial charge >= 0.3 is 0 Å². The van der Waals surface area contributed by atoms with Crippen molar-refractivity contribution in [3.8, 4) is 11.5 Å². The van der Waals surface area contributed by atoms with E-state index in [0.29, 0.717) is 47.3 Å². The summed E-state index contributed by atoms with van der Waals surface area (Å²) in [5.41, 5.74) is 1.37. The molecule has 1 radical (unpaired) electrons. The number of hydrogen-bond donors (Lipinski definition) is 1. The van der Waals surface area contributed by atoms with E-state index in [2.05, 4.69) is 25.2 Å². The first kappa shape index (κ1) is 23.5. The topological polar surface area (TPSA) is 64.6 Å². The van der Waals surface area contributed by atoms with E-state index in [1.807, 2.05) is 27.7 Å². The zero-order valence-electron chi connectivity index (χ0n) is 18.7. The molecule has 0 aromatic heterocycles. The third-order valence-electron chi connectivity index (χ3n) is 4.10. The largest absolute Gasteiger partial charge is 0.493 e. The second-order valence-corrected chi connectivity index (χ2v) is 8.52. The Morgan fingerprint density at radius 1 is 0.900 bits per heavy atom. The Hall–Kier alpha value is -2.82. The molecule has 0 aliphatic heterocycles. The van der Waals surface area contributed by atoms with Crippen LogP contribution in [0.1, 0.15) is 67.8 Å². The summed E-state index contributed by atoms with van der Waals surface area (Å²) in [6.45, 7) is 13.0. The first-order valence-corrected chi connectivity index (χ1v) is 10.4. The predicted molar refractivity (Wildman–Crippen MR) is 118 cm³/mol. The standard InChI is InChI=1S/C25H32NO4/c1-16(2)14-29-21-10-7-19(8-11-21)24(27)22-12-9-20(25(28)26-18(5)6)13-23(22)30-15-17(3)4/h7-10,12-13,16-18H,14-15H2,1-6H3,(H,26,28). The summed E-state index contributed by atoms with van der Waals surface area (Å²) in [7, 11) is 0. The summed E-state index contributed by atoms with van der Waals surface area (Å²) in [6.07, 6.45) is 0. The van der Waals surface area contributed by atoms with Crippen molar-refractivity contribution >= 4 is 11.7 Å². The summed E-state index contributed by atoms with van der Waals surface area (Å²) in [4.78, 5) is 25.5. The summed E-state index contributed by atoms with van der Waals surface area (Å²) in [5, 5.41) is 2.86. The average Bonchev–Trinajstić information content (AvgIpc) is 2.69. The zero-order valence-corrected chi connectivity index (χ0v) is 18.7. The van der Waals surface area contributed by atoms with Crippen molar-refractivity contribution in [3.05, 3.63) is 59.2 Å². The average molecular weight is 411 g/mol. The van der Waals surface area contributed by atoms with E-state index in [1.165, 1.54) is 0 Å². The maximum absolute atomic E-state index is 13.1. The molecule has 5 heteroatoms. The highest BCUT2D eigenvalue weighted by molar-refractivity contribution is 6.11. The molecular weight excluding hydrogens is 378 g/mol. The second-order valence-electron chi connectivity index (χ2n) is 8.52. The number of rotatable bonds is 10. The molecule has 1 N–H and O–H groups in total. The van der Waals surface area contributed by atoms with Gasteiger partial charge in [-0.2, -0.15) is 0 Å². The van der Waals surface area contributed by atoms with Gasteiger partial charge in [0.15, 0.2) is 5.78 Å². The van der Waals surface area contributed by atoms with Crippen LogP contribution in [-0.2, 0) is 0 Å². The Balaban J connectivity index is 2.28. The molecule has 0 saturated heterocycles. The van der Waals surface area contributed by atoms with Crippen LogP contribution in [0.5, 0.6) is 11.5 Å². The van der Waals surface area contributed by atoms with Gasteiger partial charge in [-0.1, -0.05) is 27.7 Å². The molecule has 5 nitrogen and oxygen atoms in total. The molecule has 161 valence electrons. The number of hydrogen-bond acceptors (Lipinski definition) is 4. The maximum atomic E-state index is 13.1. The minimum atomic E-state index is -0.196. The lowest BCUT2D eigenvalue weighted by atomic mass is 10.00. The van der Waals surface area contributed by atoms with Crippen molar-refractivity contribution in [3.63, 3.8) is 0 Å². The molecule has 0 fully saturated rings. The van der Waals surface area contributed by atoms with Crippen LogP contribution in [0.15, 0.2) is 36.4 Å². The van der Waals surface area contributed by atoms with Gasteiger partial charge in [-0.3, -0.25) is 9.59 Å². The van der Waals surface area contributed by atoms with Gasteiger partial charge in [-0.25, -0.2) is 0 Å². The molecule has 1 amide bonds. The fourth-order valence-corrected chi connectivity index (χ4v) is 2.63. The molecule has 0 saturated carbocycles. The fourth-order valence-electron chi connectivity index (χ4n) is 2.63. The Labute approximate surface area is 179 Å². The van der Waals surface area contributed by atoms with Crippen LogP contribution < -0.4 is 14.8 Å². The summed E-state index contributed by atoms with van der Waals surface area (Å²) in [5.74, 6) is 1.33. The Morgan fingerprint density at radius 3 is 2.10 bits per heavy atom. The van der Waals surface area contributed by atoms with Crippen LogP contribution >= 0.6 is 0 Å². The molecule has 2 rings (SSSR count). The molecule has 0 atom stereocenters. The number of nitrogens with one attached hydrogen (secondary N) is 1. The van der Waals surface area contributed by atoms with E-state index in [4.69, 9.17) is 9.47 Å². The first-order valence-electron chi connectivity index (χ1n) is 10.4. The highest BCUT2D eigenvalue weighted by atomic mass is 16.5. The number of ketones is 1. The normalized spacial score (nSPS) is 11.1. The third kappa shape index (κ3) is 6.90. The molecule has 0 unspecified atom stereocenters. The van der Waals surface area contributed by atoms with E-state index in [0.717, 1.165) is 0 Å². The van der Waals surface area contributed by atoms with Crippen LogP contribution in [0, 0.1) is 17.9 Å². The minimum Gasteiger partial charge on any atom is -0.493 e. The lowest BCUT2D eigenvalue weighted by molar-refractivity contribution is 0.0940. The minimum absolute atomic E-state index is 0.0193. The molecule has 0 aliphatic rings. The van der Waals surface area contributed by atoms with Crippen LogP contribution in [-0.4, -0.2) is 30.9 Å². The predicted octanol–water partition coefficient (Wildman–Crippen LogP) is 4.93. The molecule has 0 aliphatic carbocycles. The van der Waals surface area contributed by atoms with E-state index < -0.39 is 0 Å². The smallest absolute Gasteiger partial charge is 0.251 e. The molecule has 2 aromatic rings. The van der Waals surface area contributed by atoms with Crippen molar-refractivity contribution < 1.29 is 19.1 Å². The molecular formula is C25H32NO4. The van der Waals surface area contributed by atoms with Gasteiger partial charge in [0.2, 0.25) is 0 Å². The van der Waals surface area contributed by atoms with Crippen molar-refractivity contribution in [2.75, 3.05) is 13.2 Å². The highest BCUT2D eigenvalue weighted by Gasteiger charge is 2.18. The maximum Gasteiger partial charge on any atom is 0.251 e. The van der Waals surface area contributed by atoms with Crippen LogP contribution in [0.3, 0.4) is 0 Å². The van der Waals surface area contributed by atoms with Gasteiger partial charge in [0, 0.05) is 23.2 Å². The number of ether oxygens (including phenoxy) is 2. The van der Waals surface area contributed by atoms with Gasteiger partial charge in [0.1, 0.15) is 11.5 Å². The zero-order chi connectivity index (χ0) is 22.3. The van der Waals surface area contributed by atoms with Crippen molar-refractivity contribution in [1.29, 1.82) is 0 Å². The molecule has 30 heavy (non-hydrogen) atoms. The van der Waals surface area contributed by atoms with E-state index in [-0.39, 0.29) is 23.7 Å². The summed E-state index contributed by atoms with van der Waals surface area (Å²) >= 11 is 0. The number of amides is 1.